The van der Waals surface area contributed by atoms with Crippen LogP contribution in [0.2, 0.25) is 0 Å². The summed E-state index contributed by atoms with van der Waals surface area (Å²) in [6, 6.07) is 14.0. The summed E-state index contributed by atoms with van der Waals surface area (Å²) in [7, 11) is 0. The van der Waals surface area contributed by atoms with Crippen LogP contribution < -0.4 is 14.8 Å². The quantitative estimate of drug-likeness (QED) is 0.679. The second-order valence-electron chi connectivity index (χ2n) is 6.13. The maximum absolute atomic E-state index is 12.1. The Labute approximate surface area is 160 Å². The summed E-state index contributed by atoms with van der Waals surface area (Å²) in [5.74, 6) is -0.0000397. The zero-order valence-electron chi connectivity index (χ0n) is 14.9. The molecule has 1 aliphatic heterocycles. The van der Waals surface area contributed by atoms with E-state index in [1.807, 2.05) is 31.2 Å². The van der Waals surface area contributed by atoms with Crippen LogP contribution in [0.3, 0.4) is 0 Å². The zero-order valence-corrected chi connectivity index (χ0v) is 14.9. The number of fused-ring (bicyclic) bond motifs is 1. The molecule has 0 atom stereocenters. The molecule has 0 saturated carbocycles. The average Bonchev–Trinajstić information content (AvgIpc) is 3.35. The van der Waals surface area contributed by atoms with Crippen molar-refractivity contribution in [1.82, 2.24) is 5.16 Å². The highest BCUT2D eigenvalue weighted by atomic mass is 16.7. The van der Waals surface area contributed by atoms with Gasteiger partial charge in [-0.05, 0) is 25.1 Å². The first-order valence-corrected chi connectivity index (χ1v) is 8.49. The number of aryl methyl sites for hydroxylation is 1. The third kappa shape index (κ3) is 3.80. The number of nitrogens with one attached hydrogen (secondary N) is 1. The molecule has 8 heteroatoms. The molecule has 2 aromatic carbocycles. The monoisotopic (exact) mass is 380 g/mol. The lowest BCUT2D eigenvalue weighted by Gasteiger charge is -2.05. The molecular weight excluding hydrogens is 364 g/mol. The second-order valence-corrected chi connectivity index (χ2v) is 6.13. The van der Waals surface area contributed by atoms with Gasteiger partial charge in [-0.3, -0.25) is 10.1 Å². The number of ether oxygens (including phenoxy) is 3. The topological polar surface area (TPSA) is 99.9 Å². The fourth-order valence-corrected chi connectivity index (χ4v) is 2.61. The number of amides is 1. The number of benzene rings is 2. The van der Waals surface area contributed by atoms with Crippen LogP contribution in [0.25, 0.3) is 11.3 Å². The Morgan fingerprint density at radius 3 is 2.68 bits per heavy atom. The SMILES string of the molecule is Cc1ccc(-c2cc(NC(=O)COC(=O)c3ccc4c(c3)OCO4)on2)cc1. The van der Waals surface area contributed by atoms with Gasteiger partial charge in [0.1, 0.15) is 5.69 Å². The van der Waals surface area contributed by atoms with Crippen LogP contribution in [0.4, 0.5) is 5.88 Å². The Morgan fingerprint density at radius 1 is 1.07 bits per heavy atom. The van der Waals surface area contributed by atoms with Crippen molar-refractivity contribution in [2.45, 2.75) is 6.92 Å². The van der Waals surface area contributed by atoms with Gasteiger partial charge in [-0.25, -0.2) is 4.79 Å². The molecular formula is C20H16N2O6. The van der Waals surface area contributed by atoms with Crippen molar-refractivity contribution in [2.24, 2.45) is 0 Å². The molecule has 1 aliphatic rings. The number of rotatable bonds is 5. The number of anilines is 1. The lowest BCUT2D eigenvalue weighted by atomic mass is 10.1. The van der Waals surface area contributed by atoms with Gasteiger partial charge >= 0.3 is 5.97 Å². The largest absolute Gasteiger partial charge is 0.454 e. The third-order valence-corrected chi connectivity index (χ3v) is 4.06. The van der Waals surface area contributed by atoms with Crippen molar-refractivity contribution >= 4 is 17.8 Å². The van der Waals surface area contributed by atoms with E-state index in [1.165, 1.54) is 12.1 Å². The summed E-state index contributed by atoms with van der Waals surface area (Å²) >= 11 is 0. The summed E-state index contributed by atoms with van der Waals surface area (Å²) in [6.07, 6.45) is 0. The first-order valence-electron chi connectivity index (χ1n) is 8.49. The first-order chi connectivity index (χ1) is 13.6. The molecule has 0 radical (unpaired) electrons. The van der Waals surface area contributed by atoms with Crippen LogP contribution in [0.15, 0.2) is 53.1 Å². The van der Waals surface area contributed by atoms with E-state index in [4.69, 9.17) is 18.7 Å². The molecule has 0 fully saturated rings. The highest BCUT2D eigenvalue weighted by Gasteiger charge is 2.18. The van der Waals surface area contributed by atoms with Crippen LogP contribution in [0.5, 0.6) is 11.5 Å². The van der Waals surface area contributed by atoms with Crippen molar-refractivity contribution < 1.29 is 28.3 Å². The van der Waals surface area contributed by atoms with Gasteiger partial charge in [0.25, 0.3) is 5.91 Å². The smallest absolute Gasteiger partial charge is 0.338 e. The predicted molar refractivity (Wildman–Crippen MR) is 98.2 cm³/mol. The Hall–Kier alpha value is -3.81. The van der Waals surface area contributed by atoms with Crippen LogP contribution >= 0.6 is 0 Å². The van der Waals surface area contributed by atoms with E-state index in [9.17, 15) is 9.59 Å². The van der Waals surface area contributed by atoms with Crippen LogP contribution in [0.1, 0.15) is 15.9 Å². The van der Waals surface area contributed by atoms with Crippen molar-refractivity contribution in [2.75, 3.05) is 18.7 Å². The number of nitrogens with zero attached hydrogens (tertiary/aromatic N) is 1. The maximum atomic E-state index is 12.1. The van der Waals surface area contributed by atoms with Crippen molar-refractivity contribution in [3.05, 3.63) is 59.7 Å². The number of carbonyl (C=O) groups is 2. The molecule has 0 spiro atoms. The van der Waals surface area contributed by atoms with Crippen molar-refractivity contribution in [1.29, 1.82) is 0 Å². The summed E-state index contributed by atoms with van der Waals surface area (Å²) in [5.41, 5.74) is 2.85. The normalized spacial score (nSPS) is 11.9. The second kappa shape index (κ2) is 7.43. The van der Waals surface area contributed by atoms with E-state index in [0.717, 1.165) is 11.1 Å². The average molecular weight is 380 g/mol. The summed E-state index contributed by atoms with van der Waals surface area (Å²) in [4.78, 5) is 24.1. The van der Waals surface area contributed by atoms with Crippen LogP contribution in [0, 0.1) is 6.92 Å². The summed E-state index contributed by atoms with van der Waals surface area (Å²) < 4.78 is 20.5. The molecule has 0 aliphatic carbocycles. The Balaban J connectivity index is 1.32. The summed E-state index contributed by atoms with van der Waals surface area (Å²) in [6.45, 7) is 1.63. The van der Waals surface area contributed by atoms with E-state index in [-0.39, 0.29) is 18.2 Å². The molecule has 3 aromatic rings. The summed E-state index contributed by atoms with van der Waals surface area (Å²) in [5, 5.41) is 6.42. The molecule has 0 saturated heterocycles. The zero-order chi connectivity index (χ0) is 19.5. The Bertz CT molecular complexity index is 1030. The minimum atomic E-state index is -0.647. The van der Waals surface area contributed by atoms with E-state index < -0.39 is 18.5 Å². The molecule has 8 nitrogen and oxygen atoms in total. The van der Waals surface area contributed by atoms with E-state index >= 15 is 0 Å². The molecule has 28 heavy (non-hydrogen) atoms. The fraction of sp³-hybridized carbons (Fsp3) is 0.150. The number of hydrogen-bond donors (Lipinski definition) is 1. The minimum Gasteiger partial charge on any atom is -0.454 e. The van der Waals surface area contributed by atoms with Crippen LogP contribution in [-0.4, -0.2) is 30.4 Å². The van der Waals surface area contributed by atoms with Gasteiger partial charge in [-0.1, -0.05) is 35.0 Å². The lowest BCUT2D eigenvalue weighted by molar-refractivity contribution is -0.119. The number of carbonyl (C=O) groups excluding carboxylic acids is 2. The maximum Gasteiger partial charge on any atom is 0.338 e. The van der Waals surface area contributed by atoms with Gasteiger partial charge in [-0.2, -0.15) is 0 Å². The number of hydrogen-bond acceptors (Lipinski definition) is 7. The number of esters is 1. The van der Waals surface area contributed by atoms with E-state index in [1.54, 1.807) is 12.1 Å². The Morgan fingerprint density at radius 2 is 1.86 bits per heavy atom. The molecule has 2 heterocycles. The highest BCUT2D eigenvalue weighted by Crippen LogP contribution is 2.32. The minimum absolute atomic E-state index is 0.109. The number of aromatic nitrogens is 1. The van der Waals surface area contributed by atoms with Crippen LogP contribution in [-0.2, 0) is 9.53 Å². The van der Waals surface area contributed by atoms with E-state index in [0.29, 0.717) is 17.2 Å². The molecule has 142 valence electrons. The molecule has 0 unspecified atom stereocenters. The van der Waals surface area contributed by atoms with Gasteiger partial charge in [-0.15, -0.1) is 0 Å². The molecule has 4 rings (SSSR count). The van der Waals surface area contributed by atoms with Gasteiger partial charge in [0.15, 0.2) is 18.1 Å². The molecule has 1 N–H and O–H groups in total. The highest BCUT2D eigenvalue weighted by molar-refractivity contribution is 5.95. The fourth-order valence-electron chi connectivity index (χ4n) is 2.61. The predicted octanol–water partition coefficient (Wildman–Crippen LogP) is 3.17. The van der Waals surface area contributed by atoms with Crippen molar-refractivity contribution in [3.8, 4) is 22.8 Å². The molecule has 0 bridgehead atoms. The van der Waals surface area contributed by atoms with Gasteiger partial charge in [0.05, 0.1) is 5.56 Å². The third-order valence-electron chi connectivity index (χ3n) is 4.06. The standard InChI is InChI=1S/C20H16N2O6/c1-12-2-4-13(5-3-12)15-9-19(28-22-15)21-18(23)10-25-20(24)14-6-7-16-17(8-14)27-11-26-16/h2-9H,10-11H2,1H3,(H,21,23). The Kier molecular flexibility index (Phi) is 4.67. The molecule has 1 aromatic heterocycles. The first kappa shape index (κ1) is 17.6. The van der Waals surface area contributed by atoms with Gasteiger partial charge < -0.3 is 18.7 Å². The van der Waals surface area contributed by atoms with Gasteiger partial charge in [0, 0.05) is 11.6 Å². The van der Waals surface area contributed by atoms with Gasteiger partial charge in [0.2, 0.25) is 12.7 Å². The van der Waals surface area contributed by atoms with E-state index in [2.05, 4.69) is 10.5 Å². The lowest BCUT2D eigenvalue weighted by Crippen LogP contribution is -2.20. The van der Waals surface area contributed by atoms with Crippen molar-refractivity contribution in [3.63, 3.8) is 0 Å². The molecule has 1 amide bonds.